The fraction of sp³-hybridized carbons (Fsp3) is 0.316. The Morgan fingerprint density at radius 2 is 1.38 bits per heavy atom. The molecule has 0 aliphatic rings. The van der Waals surface area contributed by atoms with Gasteiger partial charge in [0.15, 0.2) is 0 Å². The highest BCUT2D eigenvalue weighted by Gasteiger charge is 2.23. The van der Waals surface area contributed by atoms with E-state index in [0.717, 1.165) is 5.56 Å². The molecule has 2 aromatic carbocycles. The SMILES string of the molecule is CO[C@H](c1ccccc1)[C@@H](N=CC(C)C)c1ccccc1. The zero-order valence-corrected chi connectivity index (χ0v) is 12.9. The summed E-state index contributed by atoms with van der Waals surface area (Å²) in [5.41, 5.74) is 2.32. The van der Waals surface area contributed by atoms with E-state index in [1.54, 1.807) is 7.11 Å². The number of ether oxygens (including phenoxy) is 1. The summed E-state index contributed by atoms with van der Waals surface area (Å²) < 4.78 is 5.77. The first-order valence-electron chi connectivity index (χ1n) is 7.38. The number of rotatable bonds is 6. The summed E-state index contributed by atoms with van der Waals surface area (Å²) in [6, 6.07) is 20.6. The smallest absolute Gasteiger partial charge is 0.109 e. The number of hydrogen-bond donors (Lipinski definition) is 0. The van der Waals surface area contributed by atoms with Gasteiger partial charge in [-0.1, -0.05) is 74.5 Å². The Kier molecular flexibility index (Phi) is 5.70. The normalized spacial score (nSPS) is 14.5. The van der Waals surface area contributed by atoms with Crippen molar-refractivity contribution in [2.45, 2.75) is 26.0 Å². The van der Waals surface area contributed by atoms with E-state index in [1.165, 1.54) is 5.56 Å². The average molecular weight is 281 g/mol. The monoisotopic (exact) mass is 281 g/mol. The molecule has 0 saturated carbocycles. The summed E-state index contributed by atoms with van der Waals surface area (Å²) in [7, 11) is 1.75. The van der Waals surface area contributed by atoms with E-state index in [4.69, 9.17) is 9.73 Å². The predicted molar refractivity (Wildman–Crippen MR) is 88.7 cm³/mol. The van der Waals surface area contributed by atoms with Crippen LogP contribution in [0.25, 0.3) is 0 Å². The van der Waals surface area contributed by atoms with Crippen LogP contribution < -0.4 is 0 Å². The summed E-state index contributed by atoms with van der Waals surface area (Å²) in [6.45, 7) is 4.27. The molecule has 0 heterocycles. The highest BCUT2D eigenvalue weighted by atomic mass is 16.5. The molecule has 2 nitrogen and oxygen atoms in total. The molecule has 0 spiro atoms. The predicted octanol–water partition coefficient (Wildman–Crippen LogP) is 4.84. The van der Waals surface area contributed by atoms with Crippen LogP contribution in [-0.2, 0) is 4.74 Å². The third kappa shape index (κ3) is 4.27. The molecular weight excluding hydrogens is 258 g/mol. The van der Waals surface area contributed by atoms with Gasteiger partial charge in [-0.2, -0.15) is 0 Å². The van der Waals surface area contributed by atoms with Gasteiger partial charge in [-0.25, -0.2) is 0 Å². The van der Waals surface area contributed by atoms with Gasteiger partial charge in [0.25, 0.3) is 0 Å². The van der Waals surface area contributed by atoms with Crippen molar-refractivity contribution in [2.24, 2.45) is 10.9 Å². The Morgan fingerprint density at radius 1 is 0.857 bits per heavy atom. The Labute approximate surface area is 127 Å². The lowest BCUT2D eigenvalue weighted by atomic mass is 9.96. The number of benzene rings is 2. The second kappa shape index (κ2) is 7.75. The quantitative estimate of drug-likeness (QED) is 0.694. The second-order valence-electron chi connectivity index (χ2n) is 5.46. The van der Waals surface area contributed by atoms with Crippen molar-refractivity contribution in [1.29, 1.82) is 0 Å². The molecule has 0 amide bonds. The van der Waals surface area contributed by atoms with Crippen LogP contribution in [0.15, 0.2) is 65.7 Å². The minimum atomic E-state index is -0.0800. The van der Waals surface area contributed by atoms with Gasteiger partial charge in [-0.3, -0.25) is 4.99 Å². The lowest BCUT2D eigenvalue weighted by Crippen LogP contribution is -2.12. The summed E-state index contributed by atoms with van der Waals surface area (Å²) in [4.78, 5) is 4.79. The topological polar surface area (TPSA) is 21.6 Å². The molecule has 2 rings (SSSR count). The summed E-state index contributed by atoms with van der Waals surface area (Å²) in [5, 5.41) is 0. The van der Waals surface area contributed by atoms with E-state index < -0.39 is 0 Å². The minimum Gasteiger partial charge on any atom is -0.374 e. The minimum absolute atomic E-state index is 0.0269. The Bertz CT molecular complexity index is 548. The van der Waals surface area contributed by atoms with Crippen molar-refractivity contribution >= 4 is 6.21 Å². The first kappa shape index (κ1) is 15.5. The van der Waals surface area contributed by atoms with Gasteiger partial charge in [0, 0.05) is 13.3 Å². The maximum atomic E-state index is 5.77. The van der Waals surface area contributed by atoms with Gasteiger partial charge < -0.3 is 4.74 Å². The largest absolute Gasteiger partial charge is 0.374 e. The summed E-state index contributed by atoms with van der Waals surface area (Å²) in [6.07, 6.45) is 1.93. The van der Waals surface area contributed by atoms with E-state index in [2.05, 4.69) is 38.1 Å². The molecule has 0 radical (unpaired) electrons. The van der Waals surface area contributed by atoms with Crippen molar-refractivity contribution in [3.05, 3.63) is 71.8 Å². The van der Waals surface area contributed by atoms with Gasteiger partial charge in [-0.05, 0) is 17.0 Å². The number of aliphatic imine (C=N–C) groups is 1. The van der Waals surface area contributed by atoms with Gasteiger partial charge in [0.2, 0.25) is 0 Å². The Balaban J connectivity index is 2.38. The number of hydrogen-bond acceptors (Lipinski definition) is 2. The zero-order chi connectivity index (χ0) is 15.1. The van der Waals surface area contributed by atoms with E-state index in [0.29, 0.717) is 5.92 Å². The van der Waals surface area contributed by atoms with Crippen LogP contribution >= 0.6 is 0 Å². The van der Waals surface area contributed by atoms with E-state index in [1.807, 2.05) is 42.6 Å². The zero-order valence-electron chi connectivity index (χ0n) is 12.9. The molecule has 2 heteroatoms. The number of nitrogens with zero attached hydrogens (tertiary/aromatic N) is 1. The fourth-order valence-corrected chi connectivity index (χ4v) is 2.34. The highest BCUT2D eigenvalue weighted by Crippen LogP contribution is 2.34. The van der Waals surface area contributed by atoms with Crippen molar-refractivity contribution in [1.82, 2.24) is 0 Å². The molecule has 21 heavy (non-hydrogen) atoms. The standard InChI is InChI=1S/C19H23NO/c1-15(2)14-20-18(16-10-6-4-7-11-16)19(21-3)17-12-8-5-9-13-17/h4-15,18-19H,1-3H3/t18-,19+/m0/s1. The van der Waals surface area contributed by atoms with Crippen molar-refractivity contribution in [2.75, 3.05) is 7.11 Å². The van der Waals surface area contributed by atoms with Crippen LogP contribution in [0.3, 0.4) is 0 Å². The first-order valence-corrected chi connectivity index (χ1v) is 7.38. The van der Waals surface area contributed by atoms with Crippen LogP contribution in [0, 0.1) is 5.92 Å². The summed E-state index contributed by atoms with van der Waals surface area (Å²) >= 11 is 0. The van der Waals surface area contributed by atoms with Crippen LogP contribution in [0.1, 0.15) is 37.1 Å². The van der Waals surface area contributed by atoms with Crippen molar-refractivity contribution in [3.63, 3.8) is 0 Å². The average Bonchev–Trinajstić information content (AvgIpc) is 2.53. The van der Waals surface area contributed by atoms with Crippen LogP contribution in [0.5, 0.6) is 0 Å². The van der Waals surface area contributed by atoms with Crippen LogP contribution in [0.4, 0.5) is 0 Å². The van der Waals surface area contributed by atoms with E-state index in [9.17, 15) is 0 Å². The van der Waals surface area contributed by atoms with Gasteiger partial charge in [-0.15, -0.1) is 0 Å². The highest BCUT2D eigenvalue weighted by molar-refractivity contribution is 5.60. The molecule has 0 aliphatic heterocycles. The third-order valence-electron chi connectivity index (χ3n) is 3.35. The third-order valence-corrected chi connectivity index (χ3v) is 3.35. The molecule has 0 N–H and O–H groups in total. The lowest BCUT2D eigenvalue weighted by molar-refractivity contribution is 0.0809. The molecule has 2 atom stereocenters. The van der Waals surface area contributed by atoms with E-state index in [-0.39, 0.29) is 12.1 Å². The molecule has 0 aliphatic carbocycles. The molecule has 2 aromatic rings. The first-order chi connectivity index (χ1) is 10.2. The molecule has 0 bridgehead atoms. The van der Waals surface area contributed by atoms with Crippen LogP contribution in [-0.4, -0.2) is 13.3 Å². The molecular formula is C19H23NO. The fourth-order valence-electron chi connectivity index (χ4n) is 2.34. The maximum absolute atomic E-state index is 5.77. The molecule has 0 unspecified atom stereocenters. The number of methoxy groups -OCH3 is 1. The molecule has 0 fully saturated rings. The maximum Gasteiger partial charge on any atom is 0.109 e. The molecule has 0 aromatic heterocycles. The molecule has 0 saturated heterocycles. The second-order valence-corrected chi connectivity index (χ2v) is 5.46. The van der Waals surface area contributed by atoms with Crippen LogP contribution in [0.2, 0.25) is 0 Å². The van der Waals surface area contributed by atoms with Crippen molar-refractivity contribution < 1.29 is 4.74 Å². The Hall–Kier alpha value is -1.93. The molecule has 110 valence electrons. The Morgan fingerprint density at radius 3 is 1.86 bits per heavy atom. The van der Waals surface area contributed by atoms with Gasteiger partial charge in [0.1, 0.15) is 12.1 Å². The van der Waals surface area contributed by atoms with Gasteiger partial charge >= 0.3 is 0 Å². The van der Waals surface area contributed by atoms with E-state index >= 15 is 0 Å². The van der Waals surface area contributed by atoms with Crippen molar-refractivity contribution in [3.8, 4) is 0 Å². The summed E-state index contributed by atoms with van der Waals surface area (Å²) in [5.74, 6) is 0.421. The van der Waals surface area contributed by atoms with Gasteiger partial charge in [0.05, 0.1) is 0 Å². The lowest BCUT2D eigenvalue weighted by Gasteiger charge is -2.24.